The molecular weight excluding hydrogens is 204 g/mol. The van der Waals surface area contributed by atoms with E-state index in [-0.39, 0.29) is 5.69 Å². The maximum Gasteiger partial charge on any atom is 0.356 e. The van der Waals surface area contributed by atoms with Crippen molar-refractivity contribution in [3.63, 3.8) is 0 Å². The number of carboxylic acids is 1. The lowest BCUT2D eigenvalue weighted by atomic mass is 10.2. The molecule has 0 radical (unpaired) electrons. The van der Waals surface area contributed by atoms with Gasteiger partial charge in [-0.1, -0.05) is 18.2 Å². The van der Waals surface area contributed by atoms with Crippen LogP contribution in [0.25, 0.3) is 5.69 Å². The molecule has 0 unspecified atom stereocenters. The summed E-state index contributed by atoms with van der Waals surface area (Å²) in [5.74, 6) is -1.00. The molecule has 0 atom stereocenters. The monoisotopic (exact) mass is 216 g/mol. The van der Waals surface area contributed by atoms with Crippen molar-refractivity contribution in [2.24, 2.45) is 0 Å². The molecule has 2 rings (SSSR count). The molecule has 82 valence electrons. The van der Waals surface area contributed by atoms with Crippen molar-refractivity contribution in [2.45, 2.75) is 13.8 Å². The average Bonchev–Trinajstić information content (AvgIpc) is 2.61. The van der Waals surface area contributed by atoms with E-state index in [1.807, 2.05) is 38.1 Å². The number of para-hydroxylation sites is 1. The predicted octanol–water partition coefficient (Wildman–Crippen LogP) is 2.19. The van der Waals surface area contributed by atoms with E-state index in [2.05, 4.69) is 5.10 Å². The van der Waals surface area contributed by atoms with Crippen LogP contribution in [0.15, 0.2) is 30.3 Å². The molecule has 0 amide bonds. The summed E-state index contributed by atoms with van der Waals surface area (Å²) in [7, 11) is 0. The Morgan fingerprint density at radius 1 is 1.31 bits per heavy atom. The first-order valence-electron chi connectivity index (χ1n) is 4.95. The molecule has 1 N–H and O–H groups in total. The number of aromatic carboxylic acids is 1. The van der Waals surface area contributed by atoms with Crippen molar-refractivity contribution < 1.29 is 9.90 Å². The number of aryl methyl sites for hydroxylation is 2. The smallest absolute Gasteiger partial charge is 0.356 e. The standard InChI is InChI=1S/C12H12N2O2/c1-8-5-3-4-6-11(8)14-9(2)7-10(13-14)12(15)16/h3-7H,1-2H3,(H,15,16). The normalized spacial score (nSPS) is 10.4. The molecule has 0 saturated carbocycles. The molecule has 4 nitrogen and oxygen atoms in total. The van der Waals surface area contributed by atoms with Gasteiger partial charge in [-0.3, -0.25) is 0 Å². The highest BCUT2D eigenvalue weighted by Gasteiger charge is 2.12. The lowest BCUT2D eigenvalue weighted by Gasteiger charge is -2.06. The summed E-state index contributed by atoms with van der Waals surface area (Å²) in [4.78, 5) is 10.8. The van der Waals surface area contributed by atoms with Crippen molar-refractivity contribution in [1.82, 2.24) is 9.78 Å². The largest absolute Gasteiger partial charge is 0.476 e. The van der Waals surface area contributed by atoms with Gasteiger partial charge in [0.1, 0.15) is 0 Å². The quantitative estimate of drug-likeness (QED) is 0.837. The van der Waals surface area contributed by atoms with Crippen molar-refractivity contribution in [3.8, 4) is 5.69 Å². The molecule has 1 aromatic carbocycles. The zero-order valence-corrected chi connectivity index (χ0v) is 9.14. The van der Waals surface area contributed by atoms with Crippen molar-refractivity contribution in [3.05, 3.63) is 47.3 Å². The summed E-state index contributed by atoms with van der Waals surface area (Å²) < 4.78 is 1.65. The minimum atomic E-state index is -1.00. The summed E-state index contributed by atoms with van der Waals surface area (Å²) in [5.41, 5.74) is 2.85. The third kappa shape index (κ3) is 1.69. The van der Waals surface area contributed by atoms with Crippen LogP contribution in [0.3, 0.4) is 0 Å². The van der Waals surface area contributed by atoms with Gasteiger partial charge in [-0.25, -0.2) is 9.48 Å². The van der Waals surface area contributed by atoms with Gasteiger partial charge in [-0.2, -0.15) is 5.10 Å². The first kappa shape index (κ1) is 10.4. The SMILES string of the molecule is Cc1ccccc1-n1nc(C(=O)O)cc1C. The Morgan fingerprint density at radius 2 is 2.00 bits per heavy atom. The van der Waals surface area contributed by atoms with Crippen molar-refractivity contribution in [2.75, 3.05) is 0 Å². The molecule has 0 aliphatic carbocycles. The summed E-state index contributed by atoms with van der Waals surface area (Å²) in [6.45, 7) is 3.81. The van der Waals surface area contributed by atoms with Crippen molar-refractivity contribution in [1.29, 1.82) is 0 Å². The lowest BCUT2D eigenvalue weighted by Crippen LogP contribution is -2.03. The third-order valence-electron chi connectivity index (χ3n) is 2.45. The van der Waals surface area contributed by atoms with Gasteiger partial charge in [0.15, 0.2) is 5.69 Å². The number of hydrogen-bond donors (Lipinski definition) is 1. The highest BCUT2D eigenvalue weighted by atomic mass is 16.4. The second kappa shape index (κ2) is 3.81. The van der Waals surface area contributed by atoms with Crippen LogP contribution in [0.1, 0.15) is 21.7 Å². The van der Waals surface area contributed by atoms with Gasteiger partial charge in [0.05, 0.1) is 5.69 Å². The summed E-state index contributed by atoms with van der Waals surface area (Å²) in [5, 5.41) is 12.9. The Hall–Kier alpha value is -2.10. The Morgan fingerprint density at radius 3 is 2.56 bits per heavy atom. The number of aromatic nitrogens is 2. The Bertz CT molecular complexity index is 544. The molecule has 0 aliphatic rings. The van der Waals surface area contributed by atoms with Gasteiger partial charge in [0.25, 0.3) is 0 Å². The number of nitrogens with zero attached hydrogens (tertiary/aromatic N) is 2. The fraction of sp³-hybridized carbons (Fsp3) is 0.167. The van der Waals surface area contributed by atoms with Crippen LogP contribution in [-0.4, -0.2) is 20.9 Å². The first-order valence-corrected chi connectivity index (χ1v) is 4.95. The van der Waals surface area contributed by atoms with Crippen LogP contribution in [0.4, 0.5) is 0 Å². The second-order valence-electron chi connectivity index (χ2n) is 3.67. The van der Waals surface area contributed by atoms with Crippen LogP contribution in [-0.2, 0) is 0 Å². The molecule has 0 saturated heterocycles. The number of hydrogen-bond acceptors (Lipinski definition) is 2. The maximum atomic E-state index is 10.8. The summed E-state index contributed by atoms with van der Waals surface area (Å²) >= 11 is 0. The topological polar surface area (TPSA) is 55.1 Å². The Labute approximate surface area is 93.1 Å². The molecule has 4 heteroatoms. The van der Waals surface area contributed by atoms with E-state index in [4.69, 9.17) is 5.11 Å². The first-order chi connectivity index (χ1) is 7.59. The van der Waals surface area contributed by atoms with Crippen molar-refractivity contribution >= 4 is 5.97 Å². The van der Waals surface area contributed by atoms with Gasteiger partial charge < -0.3 is 5.11 Å². The molecular formula is C12H12N2O2. The van der Waals surface area contributed by atoms with Gasteiger partial charge in [0.2, 0.25) is 0 Å². The van der Waals surface area contributed by atoms with Gasteiger partial charge in [-0.15, -0.1) is 0 Å². The number of carboxylic acid groups (broad SMARTS) is 1. The zero-order chi connectivity index (χ0) is 11.7. The van der Waals surface area contributed by atoms with Crippen LogP contribution >= 0.6 is 0 Å². The Kier molecular flexibility index (Phi) is 2.48. The third-order valence-corrected chi connectivity index (χ3v) is 2.45. The van der Waals surface area contributed by atoms with Crippen LogP contribution in [0, 0.1) is 13.8 Å². The van der Waals surface area contributed by atoms with E-state index in [0.29, 0.717) is 0 Å². The Balaban J connectivity index is 2.57. The van der Waals surface area contributed by atoms with E-state index in [9.17, 15) is 4.79 Å². The van der Waals surface area contributed by atoms with E-state index in [1.165, 1.54) is 0 Å². The van der Waals surface area contributed by atoms with E-state index in [1.54, 1.807) is 10.7 Å². The number of benzene rings is 1. The molecule has 16 heavy (non-hydrogen) atoms. The summed E-state index contributed by atoms with van der Waals surface area (Å²) in [6, 6.07) is 9.30. The molecule has 2 aromatic rings. The number of rotatable bonds is 2. The molecule has 0 fully saturated rings. The van der Waals surface area contributed by atoms with Crippen LogP contribution in [0.5, 0.6) is 0 Å². The van der Waals surface area contributed by atoms with Crippen LogP contribution < -0.4 is 0 Å². The molecule has 1 aromatic heterocycles. The average molecular weight is 216 g/mol. The number of carbonyl (C=O) groups is 1. The highest BCUT2D eigenvalue weighted by molar-refractivity contribution is 5.85. The van der Waals surface area contributed by atoms with E-state index in [0.717, 1.165) is 16.9 Å². The van der Waals surface area contributed by atoms with Gasteiger partial charge in [0, 0.05) is 5.69 Å². The fourth-order valence-electron chi connectivity index (χ4n) is 1.62. The highest BCUT2D eigenvalue weighted by Crippen LogP contribution is 2.15. The fourth-order valence-corrected chi connectivity index (χ4v) is 1.62. The van der Waals surface area contributed by atoms with Gasteiger partial charge in [-0.05, 0) is 31.5 Å². The zero-order valence-electron chi connectivity index (χ0n) is 9.14. The minimum Gasteiger partial charge on any atom is -0.476 e. The van der Waals surface area contributed by atoms with E-state index >= 15 is 0 Å². The lowest BCUT2D eigenvalue weighted by molar-refractivity contribution is 0.0690. The molecule has 1 heterocycles. The van der Waals surface area contributed by atoms with Crippen LogP contribution in [0.2, 0.25) is 0 Å². The maximum absolute atomic E-state index is 10.8. The van der Waals surface area contributed by atoms with Gasteiger partial charge >= 0.3 is 5.97 Å². The summed E-state index contributed by atoms with van der Waals surface area (Å²) in [6.07, 6.45) is 0. The molecule has 0 bridgehead atoms. The molecule has 0 aliphatic heterocycles. The van der Waals surface area contributed by atoms with E-state index < -0.39 is 5.97 Å². The predicted molar refractivity (Wildman–Crippen MR) is 60.0 cm³/mol. The minimum absolute atomic E-state index is 0.0701. The molecule has 0 spiro atoms. The second-order valence-corrected chi connectivity index (χ2v) is 3.67.